The molecular weight excluding hydrogens is 373 g/mol. The van der Waals surface area contributed by atoms with E-state index in [9.17, 15) is 4.39 Å². The molecule has 1 aliphatic heterocycles. The van der Waals surface area contributed by atoms with E-state index in [0.717, 1.165) is 49.7 Å². The summed E-state index contributed by atoms with van der Waals surface area (Å²) in [4.78, 5) is 16.1. The van der Waals surface area contributed by atoms with Gasteiger partial charge in [0.2, 0.25) is 5.95 Å². The molecule has 3 aromatic rings. The van der Waals surface area contributed by atoms with Gasteiger partial charge in [-0.25, -0.2) is 19.3 Å². The molecular formula is C21H24FN5S. The van der Waals surface area contributed by atoms with Crippen molar-refractivity contribution in [3.8, 4) is 0 Å². The average molecular weight is 398 g/mol. The molecule has 1 aromatic carbocycles. The van der Waals surface area contributed by atoms with Crippen LogP contribution >= 0.6 is 11.3 Å². The van der Waals surface area contributed by atoms with Gasteiger partial charge in [0.1, 0.15) is 5.82 Å². The Hall–Kier alpha value is -2.54. The summed E-state index contributed by atoms with van der Waals surface area (Å²) in [5, 5.41) is 6.62. The Morgan fingerprint density at radius 3 is 2.54 bits per heavy atom. The normalized spacial score (nSPS) is 15.0. The molecule has 3 heterocycles. The lowest BCUT2D eigenvalue weighted by atomic mass is 9.98. The lowest BCUT2D eigenvalue weighted by molar-refractivity contribution is 0.497. The second kappa shape index (κ2) is 8.65. The molecule has 0 aliphatic carbocycles. The lowest BCUT2D eigenvalue weighted by Gasteiger charge is -2.31. The molecule has 146 valence electrons. The van der Waals surface area contributed by atoms with Crippen LogP contribution in [0.1, 0.15) is 41.9 Å². The Morgan fingerprint density at radius 1 is 1.14 bits per heavy atom. The fourth-order valence-electron chi connectivity index (χ4n) is 3.37. The van der Waals surface area contributed by atoms with Crippen LogP contribution in [0.15, 0.2) is 42.0 Å². The topological polar surface area (TPSA) is 53.9 Å². The van der Waals surface area contributed by atoms with Crippen LogP contribution in [0.2, 0.25) is 0 Å². The number of benzene rings is 1. The van der Waals surface area contributed by atoms with Crippen molar-refractivity contribution < 1.29 is 4.39 Å². The molecule has 1 fully saturated rings. The summed E-state index contributed by atoms with van der Waals surface area (Å²) >= 11 is 1.73. The van der Waals surface area contributed by atoms with E-state index in [0.29, 0.717) is 12.5 Å². The number of thiazole rings is 1. The van der Waals surface area contributed by atoms with Crippen molar-refractivity contribution >= 4 is 23.0 Å². The van der Waals surface area contributed by atoms with Gasteiger partial charge in [-0.1, -0.05) is 6.92 Å². The van der Waals surface area contributed by atoms with Gasteiger partial charge in [0.05, 0.1) is 17.2 Å². The predicted molar refractivity (Wildman–Crippen MR) is 111 cm³/mol. The van der Waals surface area contributed by atoms with Crippen LogP contribution in [0.3, 0.4) is 0 Å². The number of aromatic nitrogens is 3. The lowest BCUT2D eigenvalue weighted by Crippen LogP contribution is -2.34. The predicted octanol–water partition coefficient (Wildman–Crippen LogP) is 4.63. The van der Waals surface area contributed by atoms with Crippen molar-refractivity contribution in [3.63, 3.8) is 0 Å². The first-order valence-corrected chi connectivity index (χ1v) is 10.6. The Kier molecular flexibility index (Phi) is 5.81. The van der Waals surface area contributed by atoms with E-state index < -0.39 is 0 Å². The van der Waals surface area contributed by atoms with Crippen LogP contribution in [-0.2, 0) is 13.0 Å². The minimum Gasteiger partial charge on any atom is -0.379 e. The van der Waals surface area contributed by atoms with Crippen LogP contribution in [0.5, 0.6) is 0 Å². The summed E-state index contributed by atoms with van der Waals surface area (Å²) < 4.78 is 13.0. The molecule has 0 radical (unpaired) electrons. The number of nitrogens with one attached hydrogen (secondary N) is 1. The summed E-state index contributed by atoms with van der Waals surface area (Å²) in [6, 6.07) is 6.41. The highest BCUT2D eigenvalue weighted by molar-refractivity contribution is 7.09. The molecule has 4 rings (SSSR count). The third-order valence-electron chi connectivity index (χ3n) is 5.11. The zero-order chi connectivity index (χ0) is 19.3. The van der Waals surface area contributed by atoms with E-state index in [1.807, 2.05) is 12.4 Å². The minimum atomic E-state index is -0.223. The van der Waals surface area contributed by atoms with Crippen molar-refractivity contribution in [2.45, 2.75) is 38.6 Å². The van der Waals surface area contributed by atoms with E-state index in [-0.39, 0.29) is 5.82 Å². The fourth-order valence-corrected chi connectivity index (χ4v) is 4.36. The molecule has 2 aromatic heterocycles. The van der Waals surface area contributed by atoms with Gasteiger partial charge in [0, 0.05) is 42.5 Å². The Labute approximate surface area is 168 Å². The molecule has 1 saturated heterocycles. The zero-order valence-corrected chi connectivity index (χ0v) is 16.8. The number of piperidine rings is 1. The van der Waals surface area contributed by atoms with Crippen LogP contribution in [-0.4, -0.2) is 28.0 Å². The highest BCUT2D eigenvalue weighted by Crippen LogP contribution is 2.31. The molecule has 0 atom stereocenters. The highest BCUT2D eigenvalue weighted by Gasteiger charge is 2.24. The molecule has 0 saturated carbocycles. The Morgan fingerprint density at radius 2 is 1.86 bits per heavy atom. The SMILES string of the molecule is CCc1cnc(N2CCC(c3nc(CNc4ccc(F)cc4)cs3)CC2)nc1. The van der Waals surface area contributed by atoms with E-state index in [4.69, 9.17) is 4.98 Å². The van der Waals surface area contributed by atoms with E-state index in [1.165, 1.54) is 22.7 Å². The van der Waals surface area contributed by atoms with Crippen LogP contribution in [0, 0.1) is 5.82 Å². The summed E-state index contributed by atoms with van der Waals surface area (Å²) in [6.45, 7) is 4.68. The minimum absolute atomic E-state index is 0.223. The van der Waals surface area contributed by atoms with Crippen molar-refractivity contribution in [3.05, 3.63) is 64.1 Å². The van der Waals surface area contributed by atoms with Crippen molar-refractivity contribution in [2.24, 2.45) is 0 Å². The van der Waals surface area contributed by atoms with Gasteiger partial charge in [-0.3, -0.25) is 0 Å². The number of halogens is 1. The largest absolute Gasteiger partial charge is 0.379 e. The fraction of sp³-hybridized carbons (Fsp3) is 0.381. The molecule has 0 amide bonds. The molecule has 0 spiro atoms. The maximum atomic E-state index is 13.0. The zero-order valence-electron chi connectivity index (χ0n) is 15.9. The first-order valence-electron chi connectivity index (χ1n) is 9.71. The van der Waals surface area contributed by atoms with Crippen LogP contribution < -0.4 is 10.2 Å². The van der Waals surface area contributed by atoms with Gasteiger partial charge in [-0.15, -0.1) is 11.3 Å². The van der Waals surface area contributed by atoms with Gasteiger partial charge in [0.15, 0.2) is 0 Å². The summed E-state index contributed by atoms with van der Waals surface area (Å²) in [5.41, 5.74) is 3.10. The maximum Gasteiger partial charge on any atom is 0.225 e. The molecule has 28 heavy (non-hydrogen) atoms. The molecule has 5 nitrogen and oxygen atoms in total. The van der Waals surface area contributed by atoms with Gasteiger partial charge in [-0.2, -0.15) is 0 Å². The van der Waals surface area contributed by atoms with E-state index in [1.54, 1.807) is 23.5 Å². The number of aryl methyl sites for hydroxylation is 1. The second-order valence-electron chi connectivity index (χ2n) is 7.04. The number of hydrogen-bond acceptors (Lipinski definition) is 6. The van der Waals surface area contributed by atoms with Gasteiger partial charge in [-0.05, 0) is 49.1 Å². The highest BCUT2D eigenvalue weighted by atomic mass is 32.1. The number of rotatable bonds is 6. The van der Waals surface area contributed by atoms with E-state index >= 15 is 0 Å². The summed E-state index contributed by atoms with van der Waals surface area (Å²) in [6.07, 6.45) is 6.95. The summed E-state index contributed by atoms with van der Waals surface area (Å²) in [7, 11) is 0. The van der Waals surface area contributed by atoms with Crippen LogP contribution in [0.25, 0.3) is 0 Å². The first-order chi connectivity index (χ1) is 13.7. The average Bonchev–Trinajstić information content (AvgIpc) is 3.23. The molecule has 1 N–H and O–H groups in total. The first kappa shape index (κ1) is 18.8. The van der Waals surface area contributed by atoms with Gasteiger partial charge < -0.3 is 10.2 Å². The third-order valence-corrected chi connectivity index (χ3v) is 6.17. The van der Waals surface area contributed by atoms with Crippen molar-refractivity contribution in [1.29, 1.82) is 0 Å². The molecule has 7 heteroatoms. The smallest absolute Gasteiger partial charge is 0.225 e. The van der Waals surface area contributed by atoms with E-state index in [2.05, 4.69) is 32.5 Å². The monoisotopic (exact) mass is 397 g/mol. The quantitative estimate of drug-likeness (QED) is 0.657. The second-order valence-corrected chi connectivity index (χ2v) is 7.93. The number of hydrogen-bond donors (Lipinski definition) is 1. The Bertz CT molecular complexity index is 886. The van der Waals surface area contributed by atoms with Gasteiger partial charge >= 0.3 is 0 Å². The van der Waals surface area contributed by atoms with Crippen molar-refractivity contribution in [1.82, 2.24) is 15.0 Å². The molecule has 0 unspecified atom stereocenters. The number of nitrogens with zero attached hydrogens (tertiary/aromatic N) is 4. The third kappa shape index (κ3) is 4.47. The maximum absolute atomic E-state index is 13.0. The van der Waals surface area contributed by atoms with Gasteiger partial charge in [0.25, 0.3) is 0 Å². The number of anilines is 2. The van der Waals surface area contributed by atoms with Crippen LogP contribution in [0.4, 0.5) is 16.0 Å². The van der Waals surface area contributed by atoms with Crippen molar-refractivity contribution in [2.75, 3.05) is 23.3 Å². The standard InChI is InChI=1S/C21H24FN5S/c1-2-15-11-24-21(25-12-15)27-9-7-16(8-10-27)20-26-19(14-28-20)13-23-18-5-3-17(22)4-6-18/h3-6,11-12,14,16,23H,2,7-10,13H2,1H3. The Balaban J connectivity index is 1.30. The summed E-state index contributed by atoms with van der Waals surface area (Å²) in [5.74, 6) is 1.11. The molecule has 0 bridgehead atoms. The molecule has 1 aliphatic rings.